The molecule has 3 nitrogen and oxygen atoms in total. The third-order valence-corrected chi connectivity index (χ3v) is 5.58. The number of fused-ring (bicyclic) bond motifs is 1. The van der Waals surface area contributed by atoms with Gasteiger partial charge in [-0.2, -0.15) is 0 Å². The molecule has 23 heavy (non-hydrogen) atoms. The van der Waals surface area contributed by atoms with E-state index in [1.807, 2.05) is 11.6 Å². The number of aromatic nitrogens is 2. The molecule has 1 aromatic carbocycles. The monoisotopic (exact) mass is 323 g/mol. The molecule has 3 aromatic rings. The first-order valence-electron chi connectivity index (χ1n) is 8.33. The van der Waals surface area contributed by atoms with E-state index in [-0.39, 0.29) is 0 Å². The van der Waals surface area contributed by atoms with Crippen LogP contribution >= 0.6 is 11.3 Å². The van der Waals surface area contributed by atoms with Gasteiger partial charge in [-0.1, -0.05) is 12.1 Å². The van der Waals surface area contributed by atoms with Gasteiger partial charge in [0.05, 0.1) is 11.2 Å². The minimum Gasteiger partial charge on any atom is -0.300 e. The summed E-state index contributed by atoms with van der Waals surface area (Å²) in [7, 11) is 0. The van der Waals surface area contributed by atoms with Crippen molar-refractivity contribution in [3.8, 4) is 10.7 Å². The number of likely N-dealkylation sites (tertiary alicyclic amines) is 1. The van der Waals surface area contributed by atoms with Crippen LogP contribution in [0, 0.1) is 0 Å². The minimum atomic E-state index is 0.748. The van der Waals surface area contributed by atoms with Gasteiger partial charge in [-0.3, -0.25) is 0 Å². The summed E-state index contributed by atoms with van der Waals surface area (Å²) < 4.78 is 0. The average Bonchev–Trinajstić information content (AvgIpc) is 3.24. The van der Waals surface area contributed by atoms with Crippen molar-refractivity contribution >= 4 is 22.2 Å². The molecule has 0 amide bonds. The predicted octanol–water partition coefficient (Wildman–Crippen LogP) is 4.39. The zero-order valence-corrected chi connectivity index (χ0v) is 14.2. The molecular weight excluding hydrogens is 302 g/mol. The maximum Gasteiger partial charge on any atom is 0.141 e. The van der Waals surface area contributed by atoms with Crippen LogP contribution in [-0.4, -0.2) is 34.0 Å². The second-order valence-electron chi connectivity index (χ2n) is 6.34. The zero-order chi connectivity index (χ0) is 15.6. The maximum atomic E-state index is 4.75. The first-order valence-corrected chi connectivity index (χ1v) is 9.21. The van der Waals surface area contributed by atoms with E-state index in [9.17, 15) is 0 Å². The molecule has 0 N–H and O–H groups in total. The summed E-state index contributed by atoms with van der Waals surface area (Å²) in [4.78, 5) is 11.7. The maximum absolute atomic E-state index is 4.75. The molecule has 1 aliphatic heterocycles. The van der Waals surface area contributed by atoms with Crippen molar-refractivity contribution in [3.05, 3.63) is 47.5 Å². The Kier molecular flexibility index (Phi) is 4.10. The first kappa shape index (κ1) is 14.8. The molecule has 4 rings (SSSR count). The molecule has 2 aromatic heterocycles. The van der Waals surface area contributed by atoms with Crippen molar-refractivity contribution in [2.24, 2.45) is 0 Å². The Balaban J connectivity index is 1.53. The Morgan fingerprint density at radius 3 is 3.00 bits per heavy atom. The van der Waals surface area contributed by atoms with Crippen LogP contribution in [0.1, 0.15) is 25.3 Å². The second-order valence-corrected chi connectivity index (χ2v) is 7.23. The van der Waals surface area contributed by atoms with Crippen molar-refractivity contribution in [3.63, 3.8) is 0 Å². The fraction of sp³-hybridized carbons (Fsp3) is 0.368. The summed E-state index contributed by atoms with van der Waals surface area (Å²) in [5.74, 6) is 0. The largest absolute Gasteiger partial charge is 0.300 e. The van der Waals surface area contributed by atoms with Gasteiger partial charge in [-0.05, 0) is 56.5 Å². The zero-order valence-electron chi connectivity index (χ0n) is 13.4. The number of benzene rings is 1. The van der Waals surface area contributed by atoms with Gasteiger partial charge in [0.25, 0.3) is 0 Å². The van der Waals surface area contributed by atoms with Gasteiger partial charge in [0.2, 0.25) is 0 Å². The molecule has 4 heteroatoms. The Hall–Kier alpha value is -1.78. The van der Waals surface area contributed by atoms with Gasteiger partial charge in [0.15, 0.2) is 0 Å². The lowest BCUT2D eigenvalue weighted by molar-refractivity contribution is 0.272. The molecule has 0 aliphatic carbocycles. The van der Waals surface area contributed by atoms with Gasteiger partial charge >= 0.3 is 0 Å². The van der Waals surface area contributed by atoms with Gasteiger partial charge in [0.1, 0.15) is 5.01 Å². The predicted molar refractivity (Wildman–Crippen MR) is 96.8 cm³/mol. The smallest absolute Gasteiger partial charge is 0.141 e. The third-order valence-electron chi connectivity index (χ3n) is 4.78. The van der Waals surface area contributed by atoms with E-state index in [4.69, 9.17) is 4.98 Å². The van der Waals surface area contributed by atoms with Crippen molar-refractivity contribution in [1.29, 1.82) is 0 Å². The van der Waals surface area contributed by atoms with Crippen molar-refractivity contribution in [1.82, 2.24) is 14.9 Å². The van der Waals surface area contributed by atoms with Gasteiger partial charge < -0.3 is 4.90 Å². The highest BCUT2D eigenvalue weighted by Gasteiger charge is 2.19. The first-order chi connectivity index (χ1) is 11.3. The lowest BCUT2D eigenvalue weighted by Gasteiger charge is -2.20. The van der Waals surface area contributed by atoms with Crippen molar-refractivity contribution in [2.45, 2.75) is 32.2 Å². The highest BCUT2D eigenvalue weighted by Crippen LogP contribution is 2.24. The number of hydrogen-bond acceptors (Lipinski definition) is 4. The summed E-state index contributed by atoms with van der Waals surface area (Å²) in [6, 6.07) is 11.7. The van der Waals surface area contributed by atoms with Gasteiger partial charge in [0, 0.05) is 29.5 Å². The molecule has 0 bridgehead atoms. The van der Waals surface area contributed by atoms with Gasteiger partial charge in [-0.15, -0.1) is 11.3 Å². The van der Waals surface area contributed by atoms with Crippen LogP contribution in [0.25, 0.3) is 21.6 Å². The third kappa shape index (κ3) is 3.14. The molecule has 1 aliphatic rings. The van der Waals surface area contributed by atoms with Crippen LogP contribution in [0.3, 0.4) is 0 Å². The quantitative estimate of drug-likeness (QED) is 0.713. The second kappa shape index (κ2) is 6.38. The number of pyridine rings is 1. The highest BCUT2D eigenvalue weighted by molar-refractivity contribution is 7.13. The topological polar surface area (TPSA) is 29.0 Å². The normalized spacial score (nSPS) is 18.7. The SMILES string of the molecule is C[C@H]1CCCN1CCc1ccc2nc(-c3nccs3)ccc2c1. The van der Waals surface area contributed by atoms with E-state index >= 15 is 0 Å². The Morgan fingerprint density at radius 2 is 2.22 bits per heavy atom. The van der Waals surface area contributed by atoms with E-state index in [1.54, 1.807) is 11.3 Å². The molecular formula is C19H21N3S. The molecule has 1 saturated heterocycles. The summed E-state index contributed by atoms with van der Waals surface area (Å²) in [5, 5.41) is 4.19. The Labute approximate surface area is 141 Å². The summed E-state index contributed by atoms with van der Waals surface area (Å²) in [6.07, 6.45) is 5.65. The molecule has 1 atom stereocenters. The van der Waals surface area contributed by atoms with Crippen LogP contribution in [0.5, 0.6) is 0 Å². The van der Waals surface area contributed by atoms with Crippen LogP contribution in [0.2, 0.25) is 0 Å². The lowest BCUT2D eigenvalue weighted by Crippen LogP contribution is -2.28. The molecule has 1 fully saturated rings. The highest BCUT2D eigenvalue weighted by atomic mass is 32.1. The van der Waals surface area contributed by atoms with Crippen molar-refractivity contribution < 1.29 is 0 Å². The standard InChI is InChI=1S/C19H21N3S/c1-14-3-2-10-22(14)11-8-15-4-6-17-16(13-15)5-7-18(21-17)19-20-9-12-23-19/h4-7,9,12-14H,2-3,8,10-11H2,1H3/t14-/m0/s1. The van der Waals surface area contributed by atoms with Crippen molar-refractivity contribution in [2.75, 3.05) is 13.1 Å². The number of hydrogen-bond donors (Lipinski definition) is 0. The lowest BCUT2D eigenvalue weighted by atomic mass is 10.1. The van der Waals surface area contributed by atoms with Crippen LogP contribution in [0.15, 0.2) is 41.9 Å². The van der Waals surface area contributed by atoms with Crippen LogP contribution < -0.4 is 0 Å². The number of thiazole rings is 1. The Bertz CT molecular complexity index is 797. The number of nitrogens with zero attached hydrogens (tertiary/aromatic N) is 3. The van der Waals surface area contributed by atoms with E-state index in [2.05, 4.69) is 47.1 Å². The molecule has 3 heterocycles. The summed E-state index contributed by atoms with van der Waals surface area (Å²) in [6.45, 7) is 4.77. The summed E-state index contributed by atoms with van der Waals surface area (Å²) >= 11 is 1.63. The van der Waals surface area contributed by atoms with E-state index in [0.717, 1.165) is 35.2 Å². The number of rotatable bonds is 4. The Morgan fingerprint density at radius 1 is 1.26 bits per heavy atom. The van der Waals surface area contributed by atoms with Crippen LogP contribution in [0.4, 0.5) is 0 Å². The molecule has 0 unspecified atom stereocenters. The van der Waals surface area contributed by atoms with Gasteiger partial charge in [-0.25, -0.2) is 9.97 Å². The minimum absolute atomic E-state index is 0.748. The van der Waals surface area contributed by atoms with E-state index < -0.39 is 0 Å². The fourth-order valence-electron chi connectivity index (χ4n) is 3.40. The van der Waals surface area contributed by atoms with E-state index in [0.29, 0.717) is 0 Å². The molecule has 0 saturated carbocycles. The average molecular weight is 323 g/mol. The summed E-state index contributed by atoms with van der Waals surface area (Å²) in [5.41, 5.74) is 3.42. The fourth-order valence-corrected chi connectivity index (χ4v) is 4.00. The molecule has 118 valence electrons. The molecule has 0 radical (unpaired) electrons. The van der Waals surface area contributed by atoms with Crippen LogP contribution in [-0.2, 0) is 6.42 Å². The van der Waals surface area contributed by atoms with E-state index in [1.165, 1.54) is 30.3 Å². The molecule has 0 spiro atoms.